The number of nitro benzene ring substituents is 1. The summed E-state index contributed by atoms with van der Waals surface area (Å²) in [5.74, 6) is 0.678. The van der Waals surface area contributed by atoms with Gasteiger partial charge in [0.1, 0.15) is 11.4 Å². The molecule has 1 aliphatic rings. The summed E-state index contributed by atoms with van der Waals surface area (Å²) in [7, 11) is 0. The summed E-state index contributed by atoms with van der Waals surface area (Å²) in [5.41, 5.74) is 2.44. The predicted molar refractivity (Wildman–Crippen MR) is 102 cm³/mol. The summed E-state index contributed by atoms with van der Waals surface area (Å²) >= 11 is 0. The third kappa shape index (κ3) is 3.16. The zero-order valence-corrected chi connectivity index (χ0v) is 15.0. The molecule has 2 aromatic carbocycles. The number of aryl methyl sites for hydroxylation is 1. The minimum atomic E-state index is -0.469. The first kappa shape index (κ1) is 17.2. The Bertz CT molecular complexity index is 994. The summed E-state index contributed by atoms with van der Waals surface area (Å²) in [4.78, 5) is 33.7. The van der Waals surface area contributed by atoms with Gasteiger partial charge in [-0.3, -0.25) is 14.9 Å². The number of para-hydroxylation sites is 3. The number of benzene rings is 2. The summed E-state index contributed by atoms with van der Waals surface area (Å²) in [5, 5.41) is 11.4. The lowest BCUT2D eigenvalue weighted by Crippen LogP contribution is -2.39. The standard InChI is InChI=1S/C20H20N4O3/c1-13-6-4-8-15(18(13)24(26)27)20(25)23-11-5-7-14(12-23)19-21-16-9-2-3-10-17(16)22-19/h2-4,6,8-10,14H,5,7,11-12H2,1H3,(H,21,22)/t14-/m0/s1. The van der Waals surface area contributed by atoms with Gasteiger partial charge >= 0.3 is 0 Å². The first-order valence-corrected chi connectivity index (χ1v) is 9.02. The summed E-state index contributed by atoms with van der Waals surface area (Å²) < 4.78 is 0. The molecule has 1 saturated heterocycles. The molecule has 0 aliphatic carbocycles. The van der Waals surface area contributed by atoms with Crippen LogP contribution in [0.15, 0.2) is 42.5 Å². The fraction of sp³-hybridized carbons (Fsp3) is 0.300. The molecule has 1 amide bonds. The van der Waals surface area contributed by atoms with E-state index in [1.807, 2.05) is 24.3 Å². The van der Waals surface area contributed by atoms with Gasteiger partial charge in [0.05, 0.1) is 16.0 Å². The second kappa shape index (κ2) is 6.83. The number of likely N-dealkylation sites (tertiary alicyclic amines) is 1. The van der Waals surface area contributed by atoms with E-state index < -0.39 is 4.92 Å². The Labute approximate surface area is 156 Å². The molecule has 1 fully saturated rings. The summed E-state index contributed by atoms with van der Waals surface area (Å²) in [6.45, 7) is 2.76. The van der Waals surface area contributed by atoms with Crippen molar-refractivity contribution in [1.29, 1.82) is 0 Å². The van der Waals surface area contributed by atoms with Crippen LogP contribution in [0.1, 0.15) is 40.5 Å². The van der Waals surface area contributed by atoms with Gasteiger partial charge < -0.3 is 9.88 Å². The van der Waals surface area contributed by atoms with Crippen molar-refractivity contribution in [3.05, 3.63) is 69.5 Å². The molecule has 4 rings (SSSR count). The van der Waals surface area contributed by atoms with E-state index >= 15 is 0 Å². The van der Waals surface area contributed by atoms with Crippen molar-refractivity contribution >= 4 is 22.6 Å². The largest absolute Gasteiger partial charge is 0.342 e. The van der Waals surface area contributed by atoms with Crippen molar-refractivity contribution in [1.82, 2.24) is 14.9 Å². The number of aromatic nitrogens is 2. The molecular weight excluding hydrogens is 344 g/mol. The lowest BCUT2D eigenvalue weighted by molar-refractivity contribution is -0.385. The Morgan fingerprint density at radius 3 is 2.85 bits per heavy atom. The van der Waals surface area contributed by atoms with Gasteiger partial charge in [-0.1, -0.05) is 24.3 Å². The lowest BCUT2D eigenvalue weighted by atomic mass is 9.96. The van der Waals surface area contributed by atoms with E-state index in [-0.39, 0.29) is 23.1 Å². The van der Waals surface area contributed by atoms with Gasteiger partial charge in [0.25, 0.3) is 11.6 Å². The molecule has 3 aromatic rings. The molecule has 2 heterocycles. The minimum Gasteiger partial charge on any atom is -0.342 e. The van der Waals surface area contributed by atoms with Crippen molar-refractivity contribution < 1.29 is 9.72 Å². The quantitative estimate of drug-likeness (QED) is 0.565. The number of carbonyl (C=O) groups excluding carboxylic acids is 1. The predicted octanol–water partition coefficient (Wildman–Crippen LogP) is 3.80. The van der Waals surface area contributed by atoms with Crippen LogP contribution in [0.4, 0.5) is 5.69 Å². The second-order valence-electron chi connectivity index (χ2n) is 6.96. The van der Waals surface area contributed by atoms with Crippen LogP contribution in [0.25, 0.3) is 11.0 Å². The topological polar surface area (TPSA) is 92.1 Å². The van der Waals surface area contributed by atoms with Gasteiger partial charge in [0.2, 0.25) is 0 Å². The van der Waals surface area contributed by atoms with Crippen molar-refractivity contribution in [3.63, 3.8) is 0 Å². The molecule has 138 valence electrons. The van der Waals surface area contributed by atoms with Gasteiger partial charge in [0.15, 0.2) is 0 Å². The molecular formula is C20H20N4O3. The van der Waals surface area contributed by atoms with Gasteiger partial charge in [-0.15, -0.1) is 0 Å². The van der Waals surface area contributed by atoms with Crippen LogP contribution < -0.4 is 0 Å². The highest BCUT2D eigenvalue weighted by Crippen LogP contribution is 2.30. The molecule has 7 heteroatoms. The van der Waals surface area contributed by atoms with Crippen molar-refractivity contribution in [3.8, 4) is 0 Å². The fourth-order valence-electron chi connectivity index (χ4n) is 3.79. The van der Waals surface area contributed by atoms with Crippen LogP contribution in [0.5, 0.6) is 0 Å². The highest BCUT2D eigenvalue weighted by atomic mass is 16.6. The Hall–Kier alpha value is -3.22. The highest BCUT2D eigenvalue weighted by molar-refractivity contribution is 5.98. The number of hydrogen-bond donors (Lipinski definition) is 1. The molecule has 1 N–H and O–H groups in total. The SMILES string of the molecule is Cc1cccc(C(=O)N2CCC[C@H](c3nc4ccccc4[nH]3)C2)c1[N+](=O)[O-]. The van der Waals surface area contributed by atoms with Gasteiger partial charge in [-0.25, -0.2) is 4.98 Å². The molecule has 0 bridgehead atoms. The number of nitrogens with zero attached hydrogens (tertiary/aromatic N) is 3. The maximum atomic E-state index is 13.0. The molecule has 1 atom stereocenters. The maximum absolute atomic E-state index is 13.0. The lowest BCUT2D eigenvalue weighted by Gasteiger charge is -2.31. The molecule has 0 radical (unpaired) electrons. The number of fused-ring (bicyclic) bond motifs is 1. The number of piperidine rings is 1. The molecule has 0 unspecified atom stereocenters. The second-order valence-corrected chi connectivity index (χ2v) is 6.96. The smallest absolute Gasteiger partial charge is 0.285 e. The van der Waals surface area contributed by atoms with Crippen molar-refractivity contribution in [2.75, 3.05) is 13.1 Å². The van der Waals surface area contributed by atoms with Crippen LogP contribution in [-0.4, -0.2) is 38.8 Å². The van der Waals surface area contributed by atoms with Crippen molar-refractivity contribution in [2.24, 2.45) is 0 Å². The number of carbonyl (C=O) groups is 1. The van der Waals surface area contributed by atoms with Crippen LogP contribution in [0.3, 0.4) is 0 Å². The first-order chi connectivity index (χ1) is 13.0. The highest BCUT2D eigenvalue weighted by Gasteiger charge is 2.31. The van der Waals surface area contributed by atoms with E-state index in [1.54, 1.807) is 24.0 Å². The molecule has 27 heavy (non-hydrogen) atoms. The normalized spacial score (nSPS) is 17.2. The van der Waals surface area contributed by atoms with Gasteiger partial charge in [-0.2, -0.15) is 0 Å². The average molecular weight is 364 g/mol. The van der Waals surface area contributed by atoms with E-state index in [4.69, 9.17) is 0 Å². The maximum Gasteiger partial charge on any atom is 0.285 e. The van der Waals surface area contributed by atoms with Crippen LogP contribution >= 0.6 is 0 Å². The zero-order chi connectivity index (χ0) is 19.0. The van der Waals surface area contributed by atoms with Crippen LogP contribution in [0, 0.1) is 17.0 Å². The number of imidazole rings is 1. The number of nitro groups is 1. The minimum absolute atomic E-state index is 0.0963. The average Bonchev–Trinajstić information content (AvgIpc) is 3.11. The van der Waals surface area contributed by atoms with E-state index in [1.165, 1.54) is 6.07 Å². The molecule has 1 aliphatic heterocycles. The van der Waals surface area contributed by atoms with Crippen molar-refractivity contribution in [2.45, 2.75) is 25.7 Å². The number of nitrogens with one attached hydrogen (secondary N) is 1. The van der Waals surface area contributed by atoms with E-state index in [2.05, 4.69) is 9.97 Å². The first-order valence-electron chi connectivity index (χ1n) is 9.02. The molecule has 7 nitrogen and oxygen atoms in total. The van der Waals surface area contributed by atoms with Gasteiger partial charge in [0, 0.05) is 24.6 Å². The number of H-pyrrole nitrogens is 1. The van der Waals surface area contributed by atoms with E-state index in [9.17, 15) is 14.9 Å². The third-order valence-electron chi connectivity index (χ3n) is 5.15. The summed E-state index contributed by atoms with van der Waals surface area (Å²) in [6, 6.07) is 12.7. The molecule has 0 spiro atoms. The zero-order valence-electron chi connectivity index (χ0n) is 15.0. The molecule has 1 aromatic heterocycles. The fourth-order valence-corrected chi connectivity index (χ4v) is 3.79. The third-order valence-corrected chi connectivity index (χ3v) is 5.15. The van der Waals surface area contributed by atoms with Crippen LogP contribution in [-0.2, 0) is 0 Å². The Kier molecular flexibility index (Phi) is 4.35. The number of aromatic amines is 1. The van der Waals surface area contributed by atoms with E-state index in [0.29, 0.717) is 18.7 Å². The number of rotatable bonds is 3. The van der Waals surface area contributed by atoms with Gasteiger partial charge in [-0.05, 0) is 38.0 Å². The Balaban J connectivity index is 1.61. The van der Waals surface area contributed by atoms with Crippen LogP contribution in [0.2, 0.25) is 0 Å². The number of amides is 1. The summed E-state index contributed by atoms with van der Waals surface area (Å²) in [6.07, 6.45) is 1.77. The van der Waals surface area contributed by atoms with E-state index in [0.717, 1.165) is 29.7 Å². The Morgan fingerprint density at radius 2 is 2.07 bits per heavy atom. The molecule has 0 saturated carbocycles. The Morgan fingerprint density at radius 1 is 1.26 bits per heavy atom. The monoisotopic (exact) mass is 364 g/mol. The number of hydrogen-bond acceptors (Lipinski definition) is 4.